The van der Waals surface area contributed by atoms with Gasteiger partial charge in [-0.15, -0.1) is 0 Å². The Kier molecular flexibility index (Phi) is 7.28. The maximum Gasteiger partial charge on any atom is 0.410 e. The molecule has 7 heteroatoms. The van der Waals surface area contributed by atoms with Crippen LogP contribution in [0.2, 0.25) is 18.1 Å². The fourth-order valence-electron chi connectivity index (χ4n) is 2.94. The summed E-state index contributed by atoms with van der Waals surface area (Å²) in [7, 11) is -2.02. The Labute approximate surface area is 169 Å². The summed E-state index contributed by atoms with van der Waals surface area (Å²) in [6.07, 6.45) is -0.269. The summed E-state index contributed by atoms with van der Waals surface area (Å²) in [6.45, 7) is 13.4. The topological polar surface area (TPSA) is 65.1 Å². The van der Waals surface area contributed by atoms with Crippen LogP contribution >= 0.6 is 0 Å². The third-order valence-electron chi connectivity index (χ3n) is 5.53. The third-order valence-corrected chi connectivity index (χ3v) is 10.1. The predicted molar refractivity (Wildman–Crippen MR) is 110 cm³/mol. The first kappa shape index (κ1) is 22.4. The van der Waals surface area contributed by atoms with Crippen LogP contribution in [0.3, 0.4) is 0 Å². The molecule has 0 unspecified atom stereocenters. The van der Waals surface area contributed by atoms with Crippen molar-refractivity contribution in [3.63, 3.8) is 0 Å². The summed E-state index contributed by atoms with van der Waals surface area (Å²) in [5.41, 5.74) is 0.900. The van der Waals surface area contributed by atoms with Gasteiger partial charge in [-0.2, -0.15) is 0 Å². The van der Waals surface area contributed by atoms with Crippen LogP contribution in [-0.2, 0) is 25.3 Å². The molecule has 0 aromatic heterocycles. The Bertz CT molecular complexity index is 671. The van der Waals surface area contributed by atoms with Crippen LogP contribution in [0.5, 0.6) is 0 Å². The van der Waals surface area contributed by atoms with Gasteiger partial charge in [0, 0.05) is 13.0 Å². The highest BCUT2D eigenvalue weighted by Crippen LogP contribution is 2.39. The molecule has 2 atom stereocenters. The number of hydrogen-bond acceptors (Lipinski definition) is 5. The molecule has 1 aromatic rings. The molecule has 1 aliphatic rings. The van der Waals surface area contributed by atoms with Crippen LogP contribution < -0.4 is 0 Å². The molecule has 0 aliphatic carbocycles. The SMILES string of the molecule is CCOC(=O)[C@H]1C[C@@H](O[Si](C)(C)C(C)(C)C)CN1C(=O)OCc1ccccc1. The van der Waals surface area contributed by atoms with Crippen molar-refractivity contribution in [3.05, 3.63) is 35.9 Å². The van der Waals surface area contributed by atoms with Crippen LogP contribution in [0.25, 0.3) is 0 Å². The Morgan fingerprint density at radius 2 is 1.79 bits per heavy atom. The second-order valence-electron chi connectivity index (χ2n) is 8.70. The van der Waals surface area contributed by atoms with Gasteiger partial charge < -0.3 is 13.9 Å². The number of hydrogen-bond donors (Lipinski definition) is 0. The normalized spacial score (nSPS) is 20.1. The molecular weight excluding hydrogens is 374 g/mol. The van der Waals surface area contributed by atoms with E-state index in [0.29, 0.717) is 13.0 Å². The molecule has 1 saturated heterocycles. The lowest BCUT2D eigenvalue weighted by Crippen LogP contribution is -2.45. The van der Waals surface area contributed by atoms with Gasteiger partial charge in [0.2, 0.25) is 0 Å². The number of carbonyl (C=O) groups is 2. The van der Waals surface area contributed by atoms with Gasteiger partial charge in [-0.1, -0.05) is 51.1 Å². The summed E-state index contributed by atoms with van der Waals surface area (Å²) in [4.78, 5) is 26.6. The van der Waals surface area contributed by atoms with Crippen LogP contribution in [0, 0.1) is 0 Å². The molecule has 6 nitrogen and oxygen atoms in total. The highest BCUT2D eigenvalue weighted by atomic mass is 28.4. The molecule has 0 radical (unpaired) electrons. The van der Waals surface area contributed by atoms with E-state index in [1.54, 1.807) is 6.92 Å². The van der Waals surface area contributed by atoms with Crippen molar-refractivity contribution in [2.24, 2.45) is 0 Å². The van der Waals surface area contributed by atoms with Gasteiger partial charge in [0.05, 0.1) is 12.7 Å². The van der Waals surface area contributed by atoms with E-state index in [1.807, 2.05) is 30.3 Å². The van der Waals surface area contributed by atoms with Gasteiger partial charge in [0.1, 0.15) is 12.6 Å². The Balaban J connectivity index is 2.08. The summed E-state index contributed by atoms with van der Waals surface area (Å²) in [5, 5.41) is 0.0493. The van der Waals surface area contributed by atoms with E-state index in [1.165, 1.54) is 4.90 Å². The standard InChI is InChI=1S/C21H33NO5Si/c1-7-25-19(23)18-13-17(27-28(5,6)21(2,3)4)14-22(18)20(24)26-15-16-11-9-8-10-12-16/h8-12,17-18H,7,13-15H2,1-6H3/t17-,18-/m1/s1. The second kappa shape index (κ2) is 9.09. The molecule has 1 aliphatic heterocycles. The number of carbonyl (C=O) groups excluding carboxylic acids is 2. The van der Waals surface area contributed by atoms with Gasteiger partial charge in [-0.25, -0.2) is 9.59 Å². The molecule has 1 amide bonds. The first-order valence-corrected chi connectivity index (χ1v) is 12.8. The highest BCUT2D eigenvalue weighted by molar-refractivity contribution is 6.74. The van der Waals surface area contributed by atoms with Crippen molar-refractivity contribution in [3.8, 4) is 0 Å². The van der Waals surface area contributed by atoms with Crippen LogP contribution in [0.15, 0.2) is 30.3 Å². The fourth-order valence-corrected chi connectivity index (χ4v) is 4.30. The summed E-state index contributed by atoms with van der Waals surface area (Å²) in [5.74, 6) is -0.402. The van der Waals surface area contributed by atoms with Crippen molar-refractivity contribution in [1.82, 2.24) is 4.90 Å². The molecule has 1 aromatic carbocycles. The smallest absolute Gasteiger partial charge is 0.410 e. The van der Waals surface area contributed by atoms with Gasteiger partial charge in [-0.05, 0) is 30.6 Å². The molecule has 0 saturated carbocycles. The number of nitrogens with zero attached hydrogens (tertiary/aromatic N) is 1. The third kappa shape index (κ3) is 5.58. The van der Waals surface area contributed by atoms with E-state index >= 15 is 0 Å². The number of esters is 1. The maximum atomic E-state index is 12.7. The lowest BCUT2D eigenvalue weighted by Gasteiger charge is -2.38. The quantitative estimate of drug-likeness (QED) is 0.518. The van der Waals surface area contributed by atoms with Crippen LogP contribution in [-0.4, -0.2) is 50.6 Å². The molecule has 0 bridgehead atoms. The van der Waals surface area contributed by atoms with Gasteiger partial charge in [0.15, 0.2) is 8.32 Å². The predicted octanol–water partition coefficient (Wildman–Crippen LogP) is 4.35. The lowest BCUT2D eigenvalue weighted by molar-refractivity contribution is -0.148. The van der Waals surface area contributed by atoms with E-state index in [4.69, 9.17) is 13.9 Å². The highest BCUT2D eigenvalue weighted by Gasteiger charge is 2.46. The van der Waals surface area contributed by atoms with Crippen molar-refractivity contribution in [2.75, 3.05) is 13.2 Å². The molecule has 0 spiro atoms. The minimum absolute atomic E-state index is 0.0493. The van der Waals surface area contributed by atoms with E-state index in [-0.39, 0.29) is 24.4 Å². The number of ether oxygens (including phenoxy) is 2. The van der Waals surface area contributed by atoms with Crippen molar-refractivity contribution < 1.29 is 23.5 Å². The molecular formula is C21H33NO5Si. The average Bonchev–Trinajstić information content (AvgIpc) is 3.03. The first-order valence-electron chi connectivity index (χ1n) is 9.87. The maximum absolute atomic E-state index is 12.7. The Morgan fingerprint density at radius 1 is 1.14 bits per heavy atom. The molecule has 2 rings (SSSR count). The van der Waals surface area contributed by atoms with E-state index in [2.05, 4.69) is 33.9 Å². The first-order chi connectivity index (χ1) is 13.0. The summed E-state index contributed by atoms with van der Waals surface area (Å²) >= 11 is 0. The minimum Gasteiger partial charge on any atom is -0.464 e. The zero-order valence-electron chi connectivity index (χ0n) is 17.9. The molecule has 0 N–H and O–H groups in total. The summed E-state index contributed by atoms with van der Waals surface area (Å²) < 4.78 is 17.1. The van der Waals surface area contributed by atoms with Gasteiger partial charge in [-0.3, -0.25) is 4.90 Å². The van der Waals surface area contributed by atoms with Crippen LogP contribution in [0.4, 0.5) is 4.79 Å². The molecule has 156 valence electrons. The van der Waals surface area contributed by atoms with E-state index in [9.17, 15) is 9.59 Å². The van der Waals surface area contributed by atoms with Crippen molar-refractivity contribution in [2.45, 2.75) is 71.0 Å². The van der Waals surface area contributed by atoms with Crippen molar-refractivity contribution in [1.29, 1.82) is 0 Å². The molecule has 1 fully saturated rings. The number of amides is 1. The monoisotopic (exact) mass is 407 g/mol. The zero-order chi connectivity index (χ0) is 20.9. The fraction of sp³-hybridized carbons (Fsp3) is 0.619. The number of likely N-dealkylation sites (tertiary alicyclic amines) is 1. The lowest BCUT2D eigenvalue weighted by atomic mass is 10.2. The number of rotatable bonds is 6. The Morgan fingerprint density at radius 3 is 2.36 bits per heavy atom. The number of benzene rings is 1. The average molecular weight is 408 g/mol. The van der Waals surface area contributed by atoms with Gasteiger partial charge in [0.25, 0.3) is 0 Å². The van der Waals surface area contributed by atoms with Crippen LogP contribution in [0.1, 0.15) is 39.7 Å². The van der Waals surface area contributed by atoms with E-state index < -0.39 is 26.4 Å². The summed E-state index contributed by atoms with van der Waals surface area (Å²) in [6, 6.07) is 8.81. The second-order valence-corrected chi connectivity index (χ2v) is 13.5. The Hall–Kier alpha value is -1.86. The van der Waals surface area contributed by atoms with E-state index in [0.717, 1.165) is 5.56 Å². The molecule has 1 heterocycles. The van der Waals surface area contributed by atoms with Gasteiger partial charge >= 0.3 is 12.1 Å². The minimum atomic E-state index is -2.02. The largest absolute Gasteiger partial charge is 0.464 e. The molecule has 28 heavy (non-hydrogen) atoms. The zero-order valence-corrected chi connectivity index (χ0v) is 18.9. The van der Waals surface area contributed by atoms with Crippen molar-refractivity contribution >= 4 is 20.4 Å².